The summed E-state index contributed by atoms with van der Waals surface area (Å²) in [5.41, 5.74) is 1.36. The summed E-state index contributed by atoms with van der Waals surface area (Å²) in [5.74, 6) is -0.390. The maximum atomic E-state index is 13.5. The zero-order chi connectivity index (χ0) is 15.2. The van der Waals surface area contributed by atoms with Crippen LogP contribution in [-0.2, 0) is 27.4 Å². The standard InChI is InChI=1S/C16H22FNO3/c1-11-14(4-3-7-21-11)16(19)18-9-12-5-6-15(17)13(8-12)10-20-2/h5-6,8,11,14H,3-4,7,9-10H2,1-2H3,(H,18,19)/t11-,14-/m1/s1. The van der Waals surface area contributed by atoms with Crippen molar-refractivity contribution in [3.05, 3.63) is 35.1 Å². The molecule has 1 N–H and O–H groups in total. The van der Waals surface area contributed by atoms with Crippen LogP contribution in [0.25, 0.3) is 0 Å². The van der Waals surface area contributed by atoms with E-state index in [0.29, 0.717) is 12.1 Å². The molecule has 1 aromatic rings. The second kappa shape index (κ2) is 7.52. The summed E-state index contributed by atoms with van der Waals surface area (Å²) in [6.45, 7) is 3.27. The maximum Gasteiger partial charge on any atom is 0.225 e. The predicted molar refractivity (Wildman–Crippen MR) is 77.1 cm³/mol. The van der Waals surface area contributed by atoms with Crippen molar-refractivity contribution in [2.45, 2.75) is 39.0 Å². The minimum Gasteiger partial charge on any atom is -0.380 e. The van der Waals surface area contributed by atoms with Crippen LogP contribution < -0.4 is 5.32 Å². The van der Waals surface area contributed by atoms with Gasteiger partial charge in [-0.2, -0.15) is 0 Å². The lowest BCUT2D eigenvalue weighted by Gasteiger charge is -2.28. The molecule has 0 radical (unpaired) electrons. The lowest BCUT2D eigenvalue weighted by atomic mass is 9.94. The first-order valence-corrected chi connectivity index (χ1v) is 7.27. The van der Waals surface area contributed by atoms with Gasteiger partial charge in [0.2, 0.25) is 5.91 Å². The zero-order valence-electron chi connectivity index (χ0n) is 12.5. The van der Waals surface area contributed by atoms with Crippen molar-refractivity contribution in [3.8, 4) is 0 Å². The van der Waals surface area contributed by atoms with Crippen molar-refractivity contribution in [2.24, 2.45) is 5.92 Å². The lowest BCUT2D eigenvalue weighted by Crippen LogP contribution is -2.39. The molecule has 0 aliphatic carbocycles. The Kier molecular flexibility index (Phi) is 5.70. The van der Waals surface area contributed by atoms with Gasteiger partial charge >= 0.3 is 0 Å². The van der Waals surface area contributed by atoms with E-state index in [2.05, 4.69) is 5.32 Å². The third-order valence-electron chi connectivity index (χ3n) is 3.82. The normalized spacial score (nSPS) is 22.0. The van der Waals surface area contributed by atoms with Crippen LogP contribution >= 0.6 is 0 Å². The Labute approximate surface area is 124 Å². The highest BCUT2D eigenvalue weighted by Gasteiger charge is 2.28. The fraction of sp³-hybridized carbons (Fsp3) is 0.562. The number of hydrogen-bond donors (Lipinski definition) is 1. The van der Waals surface area contributed by atoms with Crippen LogP contribution in [0.15, 0.2) is 18.2 Å². The Morgan fingerprint density at radius 1 is 1.52 bits per heavy atom. The van der Waals surface area contributed by atoms with E-state index < -0.39 is 0 Å². The smallest absolute Gasteiger partial charge is 0.225 e. The molecule has 1 fully saturated rings. The summed E-state index contributed by atoms with van der Waals surface area (Å²) in [5, 5.41) is 2.91. The molecule has 0 unspecified atom stereocenters. The number of rotatable bonds is 5. The molecule has 116 valence electrons. The first-order chi connectivity index (χ1) is 10.1. The van der Waals surface area contributed by atoms with Crippen LogP contribution in [-0.4, -0.2) is 25.7 Å². The lowest BCUT2D eigenvalue weighted by molar-refractivity contribution is -0.133. The quantitative estimate of drug-likeness (QED) is 0.907. The third kappa shape index (κ3) is 4.25. The number of nitrogens with one attached hydrogen (secondary N) is 1. The van der Waals surface area contributed by atoms with Gasteiger partial charge < -0.3 is 14.8 Å². The van der Waals surface area contributed by atoms with Crippen LogP contribution in [0, 0.1) is 11.7 Å². The number of carbonyl (C=O) groups is 1. The van der Waals surface area contributed by atoms with Gasteiger partial charge in [0.25, 0.3) is 0 Å². The molecule has 4 nitrogen and oxygen atoms in total. The molecule has 2 atom stereocenters. The van der Waals surface area contributed by atoms with Gasteiger partial charge in [-0.15, -0.1) is 0 Å². The number of amides is 1. The fourth-order valence-corrected chi connectivity index (χ4v) is 2.59. The molecule has 21 heavy (non-hydrogen) atoms. The van der Waals surface area contributed by atoms with Crippen LogP contribution in [0.3, 0.4) is 0 Å². The highest BCUT2D eigenvalue weighted by atomic mass is 19.1. The largest absolute Gasteiger partial charge is 0.380 e. The van der Waals surface area contributed by atoms with E-state index in [1.807, 2.05) is 6.92 Å². The Morgan fingerprint density at radius 2 is 2.33 bits per heavy atom. The topological polar surface area (TPSA) is 47.6 Å². The average molecular weight is 295 g/mol. The molecule has 1 amide bonds. The number of carbonyl (C=O) groups excluding carboxylic acids is 1. The summed E-state index contributed by atoms with van der Waals surface area (Å²) < 4.78 is 24.0. The average Bonchev–Trinajstić information content (AvgIpc) is 2.48. The Morgan fingerprint density at radius 3 is 3.05 bits per heavy atom. The third-order valence-corrected chi connectivity index (χ3v) is 3.82. The number of hydrogen-bond acceptors (Lipinski definition) is 3. The van der Waals surface area contributed by atoms with E-state index in [4.69, 9.17) is 9.47 Å². The van der Waals surface area contributed by atoms with E-state index in [-0.39, 0.29) is 30.4 Å². The van der Waals surface area contributed by atoms with Gasteiger partial charge in [0, 0.05) is 25.8 Å². The molecule has 1 heterocycles. The Balaban J connectivity index is 1.93. The van der Waals surface area contributed by atoms with Crippen LogP contribution in [0.4, 0.5) is 4.39 Å². The van der Waals surface area contributed by atoms with Gasteiger partial charge in [-0.05, 0) is 37.5 Å². The van der Waals surface area contributed by atoms with Crippen molar-refractivity contribution in [1.82, 2.24) is 5.32 Å². The molecule has 2 rings (SSSR count). The first-order valence-electron chi connectivity index (χ1n) is 7.27. The molecule has 1 aromatic carbocycles. The Hall–Kier alpha value is -1.46. The summed E-state index contributed by atoms with van der Waals surface area (Å²) in [6.07, 6.45) is 1.72. The van der Waals surface area contributed by atoms with Crippen LogP contribution in [0.2, 0.25) is 0 Å². The van der Waals surface area contributed by atoms with Gasteiger partial charge in [-0.3, -0.25) is 4.79 Å². The molecular weight excluding hydrogens is 273 g/mol. The summed E-state index contributed by atoms with van der Waals surface area (Å²) in [6, 6.07) is 4.80. The molecule has 0 aromatic heterocycles. The zero-order valence-corrected chi connectivity index (χ0v) is 12.5. The number of methoxy groups -OCH3 is 1. The molecule has 0 saturated carbocycles. The molecule has 1 aliphatic rings. The second-order valence-electron chi connectivity index (χ2n) is 5.40. The van der Waals surface area contributed by atoms with Gasteiger partial charge in [-0.1, -0.05) is 6.07 Å². The van der Waals surface area contributed by atoms with Crippen LogP contribution in [0.5, 0.6) is 0 Å². The highest BCUT2D eigenvalue weighted by molar-refractivity contribution is 5.79. The minimum absolute atomic E-state index is 0.000170. The summed E-state index contributed by atoms with van der Waals surface area (Å²) >= 11 is 0. The second-order valence-corrected chi connectivity index (χ2v) is 5.40. The summed E-state index contributed by atoms with van der Waals surface area (Å²) in [7, 11) is 1.53. The Bertz CT molecular complexity index is 492. The maximum absolute atomic E-state index is 13.5. The number of halogens is 1. The van der Waals surface area contributed by atoms with Gasteiger partial charge in [-0.25, -0.2) is 4.39 Å². The summed E-state index contributed by atoms with van der Waals surface area (Å²) in [4.78, 5) is 12.2. The molecule has 5 heteroatoms. The predicted octanol–water partition coefficient (Wildman–Crippen LogP) is 2.40. The highest BCUT2D eigenvalue weighted by Crippen LogP contribution is 2.20. The van der Waals surface area contributed by atoms with E-state index in [0.717, 1.165) is 25.0 Å². The minimum atomic E-state index is -0.291. The van der Waals surface area contributed by atoms with Crippen LogP contribution in [0.1, 0.15) is 30.9 Å². The van der Waals surface area contributed by atoms with Crippen molar-refractivity contribution in [2.75, 3.05) is 13.7 Å². The van der Waals surface area contributed by atoms with E-state index in [9.17, 15) is 9.18 Å². The molecule has 1 aliphatic heterocycles. The van der Waals surface area contributed by atoms with Crippen molar-refractivity contribution < 1.29 is 18.7 Å². The SMILES string of the molecule is COCc1cc(CNC(=O)[C@@H]2CCCO[C@@H]2C)ccc1F. The van der Waals surface area contributed by atoms with E-state index in [1.54, 1.807) is 12.1 Å². The van der Waals surface area contributed by atoms with Crippen molar-refractivity contribution >= 4 is 5.91 Å². The van der Waals surface area contributed by atoms with Gasteiger partial charge in [0.15, 0.2) is 0 Å². The molecule has 0 bridgehead atoms. The molecular formula is C16H22FNO3. The fourth-order valence-electron chi connectivity index (χ4n) is 2.59. The number of ether oxygens (including phenoxy) is 2. The van der Waals surface area contributed by atoms with E-state index >= 15 is 0 Å². The monoisotopic (exact) mass is 295 g/mol. The van der Waals surface area contributed by atoms with E-state index in [1.165, 1.54) is 13.2 Å². The van der Waals surface area contributed by atoms with Crippen molar-refractivity contribution in [1.29, 1.82) is 0 Å². The first kappa shape index (κ1) is 15.9. The van der Waals surface area contributed by atoms with Gasteiger partial charge in [0.1, 0.15) is 5.82 Å². The van der Waals surface area contributed by atoms with Gasteiger partial charge in [0.05, 0.1) is 18.6 Å². The number of benzene rings is 1. The molecule has 1 saturated heterocycles. The molecule has 0 spiro atoms. The van der Waals surface area contributed by atoms with Crippen molar-refractivity contribution in [3.63, 3.8) is 0 Å².